The second kappa shape index (κ2) is 4.89. The lowest BCUT2D eigenvalue weighted by Gasteiger charge is -2.13. The Balaban J connectivity index is 2.54. The predicted octanol–water partition coefficient (Wildman–Crippen LogP) is 2.10. The molecule has 18 heavy (non-hydrogen) atoms. The van der Waals surface area contributed by atoms with Crippen LogP contribution in [-0.2, 0) is 4.79 Å². The van der Waals surface area contributed by atoms with Crippen molar-refractivity contribution in [3.05, 3.63) is 22.6 Å². The van der Waals surface area contributed by atoms with Crippen molar-refractivity contribution in [2.45, 2.75) is 26.8 Å². The van der Waals surface area contributed by atoms with Crippen molar-refractivity contribution in [3.8, 4) is 0 Å². The van der Waals surface area contributed by atoms with E-state index in [1.807, 2.05) is 26.8 Å². The Labute approximate surface area is 110 Å². The normalized spacial score (nSPS) is 12.6. The maximum atomic E-state index is 11.9. The molecule has 96 valence electrons. The standard InChI is InChI=1S/C12H16N4OS/c1-4-13-11(17)8(3)16-10-9(15-12(16)18)5-7(2)6-14-10/h5-6,8H,4H2,1-3H3,(H,13,17)(H,15,18). The number of carbonyl (C=O) groups excluding carboxylic acids is 1. The minimum atomic E-state index is -0.374. The van der Waals surface area contributed by atoms with Crippen LogP contribution in [-0.4, -0.2) is 27.0 Å². The van der Waals surface area contributed by atoms with Crippen LogP contribution in [0.3, 0.4) is 0 Å². The molecule has 5 nitrogen and oxygen atoms in total. The summed E-state index contributed by atoms with van der Waals surface area (Å²) in [5, 5.41) is 2.79. The van der Waals surface area contributed by atoms with Gasteiger partial charge in [-0.15, -0.1) is 0 Å². The lowest BCUT2D eigenvalue weighted by atomic mass is 10.3. The number of amides is 1. The summed E-state index contributed by atoms with van der Waals surface area (Å²) in [5.74, 6) is -0.0584. The second-order valence-corrected chi connectivity index (χ2v) is 4.64. The number of fused-ring (bicyclic) bond motifs is 1. The maximum Gasteiger partial charge on any atom is 0.242 e. The van der Waals surface area contributed by atoms with E-state index in [0.717, 1.165) is 11.1 Å². The number of hydrogen-bond acceptors (Lipinski definition) is 3. The average molecular weight is 264 g/mol. The quantitative estimate of drug-likeness (QED) is 0.834. The molecule has 0 spiro atoms. The number of nitrogens with one attached hydrogen (secondary N) is 2. The minimum absolute atomic E-state index is 0.0584. The summed E-state index contributed by atoms with van der Waals surface area (Å²) in [6.07, 6.45) is 1.77. The third-order valence-electron chi connectivity index (χ3n) is 2.81. The molecule has 6 heteroatoms. The molecular formula is C12H16N4OS. The number of pyridine rings is 1. The van der Waals surface area contributed by atoms with Gasteiger partial charge < -0.3 is 10.3 Å². The van der Waals surface area contributed by atoms with Gasteiger partial charge in [-0.2, -0.15) is 0 Å². The van der Waals surface area contributed by atoms with Crippen LogP contribution in [0.4, 0.5) is 0 Å². The second-order valence-electron chi connectivity index (χ2n) is 4.25. The molecular weight excluding hydrogens is 248 g/mol. The molecule has 0 aliphatic carbocycles. The van der Waals surface area contributed by atoms with Gasteiger partial charge in [-0.3, -0.25) is 9.36 Å². The highest BCUT2D eigenvalue weighted by atomic mass is 32.1. The van der Waals surface area contributed by atoms with Gasteiger partial charge in [0.15, 0.2) is 10.4 Å². The first-order valence-electron chi connectivity index (χ1n) is 5.89. The van der Waals surface area contributed by atoms with Crippen molar-refractivity contribution in [1.82, 2.24) is 19.9 Å². The number of aromatic amines is 1. The zero-order valence-corrected chi connectivity index (χ0v) is 11.5. The van der Waals surface area contributed by atoms with Gasteiger partial charge in [-0.05, 0) is 44.6 Å². The first-order chi connectivity index (χ1) is 8.54. The zero-order chi connectivity index (χ0) is 13.3. The predicted molar refractivity (Wildman–Crippen MR) is 73.0 cm³/mol. The van der Waals surface area contributed by atoms with E-state index in [-0.39, 0.29) is 11.9 Å². The fourth-order valence-corrected chi connectivity index (χ4v) is 2.27. The van der Waals surface area contributed by atoms with E-state index in [4.69, 9.17) is 12.2 Å². The van der Waals surface area contributed by atoms with Crippen LogP contribution in [0.15, 0.2) is 12.3 Å². The van der Waals surface area contributed by atoms with Crippen molar-refractivity contribution in [2.75, 3.05) is 6.54 Å². The van der Waals surface area contributed by atoms with E-state index in [9.17, 15) is 4.79 Å². The molecule has 2 rings (SSSR count). The number of rotatable bonds is 3. The molecule has 1 atom stereocenters. The summed E-state index contributed by atoms with van der Waals surface area (Å²) in [4.78, 5) is 19.3. The van der Waals surface area contributed by atoms with Crippen LogP contribution in [0.2, 0.25) is 0 Å². The van der Waals surface area contributed by atoms with Crippen LogP contribution in [0.25, 0.3) is 11.2 Å². The highest BCUT2D eigenvalue weighted by Crippen LogP contribution is 2.18. The Bertz CT molecular complexity index is 643. The zero-order valence-electron chi connectivity index (χ0n) is 10.7. The molecule has 2 N–H and O–H groups in total. The number of aromatic nitrogens is 3. The van der Waals surface area contributed by atoms with Crippen LogP contribution < -0.4 is 5.32 Å². The summed E-state index contributed by atoms with van der Waals surface area (Å²) >= 11 is 5.26. The SMILES string of the molecule is CCNC(=O)C(C)n1c(=S)[nH]c2cc(C)cnc21. The van der Waals surface area contributed by atoms with Crippen LogP contribution in [0.1, 0.15) is 25.5 Å². The molecule has 0 aliphatic rings. The molecule has 0 aliphatic heterocycles. The van der Waals surface area contributed by atoms with Crippen molar-refractivity contribution >= 4 is 29.3 Å². The van der Waals surface area contributed by atoms with E-state index < -0.39 is 0 Å². The molecule has 2 aromatic heterocycles. The summed E-state index contributed by atoms with van der Waals surface area (Å²) < 4.78 is 2.26. The van der Waals surface area contributed by atoms with Crippen LogP contribution in [0, 0.1) is 11.7 Å². The summed E-state index contributed by atoms with van der Waals surface area (Å²) in [5.41, 5.74) is 2.62. The molecule has 1 amide bonds. The Morgan fingerprint density at radius 2 is 2.39 bits per heavy atom. The summed E-state index contributed by atoms with van der Waals surface area (Å²) in [6, 6.07) is 1.60. The Morgan fingerprint density at radius 1 is 1.67 bits per heavy atom. The first kappa shape index (κ1) is 12.8. The number of hydrogen-bond donors (Lipinski definition) is 2. The third-order valence-corrected chi connectivity index (χ3v) is 3.11. The number of carbonyl (C=O) groups is 1. The third kappa shape index (κ3) is 2.15. The Kier molecular flexibility index (Phi) is 3.47. The van der Waals surface area contributed by atoms with Crippen molar-refractivity contribution in [1.29, 1.82) is 0 Å². The molecule has 2 heterocycles. The molecule has 0 saturated carbocycles. The Morgan fingerprint density at radius 3 is 3.06 bits per heavy atom. The summed E-state index contributed by atoms with van der Waals surface area (Å²) in [6.45, 7) is 6.27. The molecule has 0 bridgehead atoms. The lowest BCUT2D eigenvalue weighted by Crippen LogP contribution is -2.30. The summed E-state index contributed by atoms with van der Waals surface area (Å²) in [7, 11) is 0. The van der Waals surface area contributed by atoms with Gasteiger partial charge in [0.25, 0.3) is 0 Å². The molecule has 0 fully saturated rings. The van der Waals surface area contributed by atoms with Crippen molar-refractivity contribution in [2.24, 2.45) is 0 Å². The van der Waals surface area contributed by atoms with E-state index in [2.05, 4.69) is 15.3 Å². The minimum Gasteiger partial charge on any atom is -0.355 e. The van der Waals surface area contributed by atoms with E-state index in [0.29, 0.717) is 17.0 Å². The van der Waals surface area contributed by atoms with E-state index >= 15 is 0 Å². The number of nitrogens with zero attached hydrogens (tertiary/aromatic N) is 2. The van der Waals surface area contributed by atoms with Gasteiger partial charge in [0.05, 0.1) is 5.52 Å². The number of imidazole rings is 1. The molecule has 2 aromatic rings. The first-order valence-corrected chi connectivity index (χ1v) is 6.30. The van der Waals surface area contributed by atoms with Crippen LogP contribution in [0.5, 0.6) is 0 Å². The van der Waals surface area contributed by atoms with E-state index in [1.54, 1.807) is 10.8 Å². The smallest absolute Gasteiger partial charge is 0.242 e. The Hall–Kier alpha value is -1.69. The van der Waals surface area contributed by atoms with Gasteiger partial charge in [0, 0.05) is 12.7 Å². The van der Waals surface area contributed by atoms with Gasteiger partial charge in [0.2, 0.25) is 5.91 Å². The number of aryl methyl sites for hydroxylation is 1. The fraction of sp³-hybridized carbons (Fsp3) is 0.417. The number of H-pyrrole nitrogens is 1. The lowest BCUT2D eigenvalue weighted by molar-refractivity contribution is -0.123. The molecule has 0 saturated heterocycles. The number of likely N-dealkylation sites (N-methyl/N-ethyl adjacent to an activating group) is 1. The van der Waals surface area contributed by atoms with Gasteiger partial charge in [0.1, 0.15) is 6.04 Å². The van der Waals surface area contributed by atoms with E-state index in [1.165, 1.54) is 0 Å². The highest BCUT2D eigenvalue weighted by molar-refractivity contribution is 7.71. The average Bonchev–Trinajstić information content (AvgIpc) is 2.63. The van der Waals surface area contributed by atoms with Gasteiger partial charge in [-0.25, -0.2) is 4.98 Å². The van der Waals surface area contributed by atoms with Crippen molar-refractivity contribution < 1.29 is 4.79 Å². The topological polar surface area (TPSA) is 62.7 Å². The highest BCUT2D eigenvalue weighted by Gasteiger charge is 2.18. The molecule has 0 radical (unpaired) electrons. The monoisotopic (exact) mass is 264 g/mol. The molecule has 0 aromatic carbocycles. The van der Waals surface area contributed by atoms with Gasteiger partial charge >= 0.3 is 0 Å². The van der Waals surface area contributed by atoms with Gasteiger partial charge in [-0.1, -0.05) is 0 Å². The van der Waals surface area contributed by atoms with Crippen LogP contribution >= 0.6 is 12.2 Å². The molecule has 1 unspecified atom stereocenters. The largest absolute Gasteiger partial charge is 0.355 e. The van der Waals surface area contributed by atoms with Crippen molar-refractivity contribution in [3.63, 3.8) is 0 Å². The fourth-order valence-electron chi connectivity index (χ4n) is 1.92. The maximum absolute atomic E-state index is 11.9.